The van der Waals surface area contributed by atoms with Gasteiger partial charge in [0.15, 0.2) is 0 Å². The summed E-state index contributed by atoms with van der Waals surface area (Å²) in [5.74, 6) is -0.358. The van der Waals surface area contributed by atoms with Crippen molar-refractivity contribution < 1.29 is 14.3 Å². The van der Waals surface area contributed by atoms with Crippen LogP contribution in [0.1, 0.15) is 18.9 Å². The normalized spacial score (nSPS) is 10.1. The zero-order valence-electron chi connectivity index (χ0n) is 10.9. The van der Waals surface area contributed by atoms with Crippen LogP contribution in [-0.4, -0.2) is 25.8 Å². The number of aryl methyl sites for hydroxylation is 1. The molecule has 3 heteroatoms. The van der Waals surface area contributed by atoms with Crippen molar-refractivity contribution in [1.29, 1.82) is 0 Å². The van der Waals surface area contributed by atoms with Gasteiger partial charge in [-0.3, -0.25) is 0 Å². The Kier molecular flexibility index (Phi) is 6.81. The molecule has 0 aromatic heterocycles. The fraction of sp³-hybridized carbons (Fsp3) is 0.400. The Bertz CT molecular complexity index is 371. The van der Waals surface area contributed by atoms with Crippen LogP contribution >= 0.6 is 0 Å². The Morgan fingerprint density at radius 1 is 1.17 bits per heavy atom. The molecule has 1 rings (SSSR count). The van der Waals surface area contributed by atoms with Gasteiger partial charge >= 0.3 is 5.97 Å². The number of carbonyl (C=O) groups is 1. The Morgan fingerprint density at radius 2 is 1.89 bits per heavy atom. The molecule has 0 unspecified atom stereocenters. The highest BCUT2D eigenvalue weighted by Crippen LogP contribution is 2.02. The molecule has 98 valence electrons. The highest BCUT2D eigenvalue weighted by molar-refractivity contribution is 5.86. The van der Waals surface area contributed by atoms with Gasteiger partial charge in [0.1, 0.15) is 6.61 Å². The maximum atomic E-state index is 11.0. The number of esters is 1. The van der Waals surface area contributed by atoms with Crippen molar-refractivity contribution >= 4 is 5.97 Å². The first-order valence-corrected chi connectivity index (χ1v) is 6.14. The molecule has 0 atom stereocenters. The van der Waals surface area contributed by atoms with Gasteiger partial charge in [0.25, 0.3) is 0 Å². The summed E-state index contributed by atoms with van der Waals surface area (Å²) in [6.07, 6.45) is 1.98. The predicted octanol–water partition coefficient (Wildman–Crippen LogP) is 2.76. The summed E-state index contributed by atoms with van der Waals surface area (Å²) in [4.78, 5) is 11.0. The van der Waals surface area contributed by atoms with E-state index in [1.807, 2.05) is 18.2 Å². The number of ether oxygens (including phenoxy) is 2. The average molecular weight is 248 g/mol. The van der Waals surface area contributed by atoms with Crippen LogP contribution < -0.4 is 0 Å². The van der Waals surface area contributed by atoms with Crippen molar-refractivity contribution in [2.75, 3.05) is 19.8 Å². The van der Waals surface area contributed by atoms with Gasteiger partial charge in [0.2, 0.25) is 0 Å². The van der Waals surface area contributed by atoms with Crippen LogP contribution in [0.25, 0.3) is 0 Å². The topological polar surface area (TPSA) is 35.5 Å². The molecule has 0 fully saturated rings. The zero-order chi connectivity index (χ0) is 13.2. The second-order valence-electron chi connectivity index (χ2n) is 4.12. The fourth-order valence-electron chi connectivity index (χ4n) is 1.44. The van der Waals surface area contributed by atoms with Crippen LogP contribution in [0.15, 0.2) is 42.5 Å². The Labute approximate surface area is 108 Å². The summed E-state index contributed by atoms with van der Waals surface area (Å²) in [5.41, 5.74) is 1.73. The van der Waals surface area contributed by atoms with Crippen molar-refractivity contribution in [3.63, 3.8) is 0 Å². The molecule has 1 aromatic rings. The molecule has 0 aliphatic carbocycles. The molecule has 0 radical (unpaired) electrons. The Hall–Kier alpha value is -1.61. The minimum absolute atomic E-state index is 0.289. The van der Waals surface area contributed by atoms with E-state index in [9.17, 15) is 4.79 Å². The van der Waals surface area contributed by atoms with Crippen molar-refractivity contribution in [1.82, 2.24) is 0 Å². The Balaban J connectivity index is 1.96. The molecular weight excluding hydrogens is 228 g/mol. The molecule has 0 bridgehead atoms. The van der Waals surface area contributed by atoms with Crippen LogP contribution in [0.2, 0.25) is 0 Å². The van der Waals surface area contributed by atoms with Gasteiger partial charge in [-0.2, -0.15) is 0 Å². The first-order chi connectivity index (χ1) is 8.70. The highest BCUT2D eigenvalue weighted by atomic mass is 16.6. The molecule has 0 amide bonds. The van der Waals surface area contributed by atoms with E-state index < -0.39 is 0 Å². The lowest BCUT2D eigenvalue weighted by Crippen LogP contribution is -2.11. The van der Waals surface area contributed by atoms with E-state index in [1.54, 1.807) is 6.92 Å². The largest absolute Gasteiger partial charge is 0.460 e. The third-order valence-electron chi connectivity index (χ3n) is 2.41. The molecule has 1 aromatic carbocycles. The standard InChI is InChI=1S/C15H20O3/c1-13(2)15(16)18-12-11-17-10-6-9-14-7-4-3-5-8-14/h3-5,7-8H,1,6,9-12H2,2H3. The van der Waals surface area contributed by atoms with Crippen molar-refractivity contribution in [3.8, 4) is 0 Å². The lowest BCUT2D eigenvalue weighted by atomic mass is 10.1. The SMILES string of the molecule is C=C(C)C(=O)OCCOCCCc1ccccc1. The molecule has 0 N–H and O–H groups in total. The molecule has 18 heavy (non-hydrogen) atoms. The van der Waals surface area contributed by atoms with Crippen LogP contribution in [0.5, 0.6) is 0 Å². The summed E-state index contributed by atoms with van der Waals surface area (Å²) in [6, 6.07) is 10.3. The van der Waals surface area contributed by atoms with Crippen molar-refractivity contribution in [3.05, 3.63) is 48.0 Å². The first kappa shape index (κ1) is 14.5. The molecule has 0 saturated heterocycles. The third kappa shape index (κ3) is 6.21. The molecular formula is C15H20O3. The summed E-state index contributed by atoms with van der Waals surface area (Å²) in [7, 11) is 0. The maximum absolute atomic E-state index is 11.0. The van der Waals surface area contributed by atoms with Gasteiger partial charge < -0.3 is 9.47 Å². The van der Waals surface area contributed by atoms with Crippen molar-refractivity contribution in [2.45, 2.75) is 19.8 Å². The lowest BCUT2D eigenvalue weighted by Gasteiger charge is -2.06. The quantitative estimate of drug-likeness (QED) is 0.403. The smallest absolute Gasteiger partial charge is 0.333 e. The van der Waals surface area contributed by atoms with Gasteiger partial charge in [-0.1, -0.05) is 36.9 Å². The number of carbonyl (C=O) groups excluding carboxylic acids is 1. The average Bonchev–Trinajstić information content (AvgIpc) is 2.38. The van der Waals surface area contributed by atoms with E-state index in [0.29, 0.717) is 18.8 Å². The van der Waals surface area contributed by atoms with Gasteiger partial charge in [0, 0.05) is 12.2 Å². The molecule has 0 aliphatic rings. The third-order valence-corrected chi connectivity index (χ3v) is 2.41. The van der Waals surface area contributed by atoms with Gasteiger partial charge in [0.05, 0.1) is 6.61 Å². The van der Waals surface area contributed by atoms with E-state index in [-0.39, 0.29) is 12.6 Å². The second-order valence-corrected chi connectivity index (χ2v) is 4.12. The number of hydrogen-bond acceptors (Lipinski definition) is 3. The van der Waals surface area contributed by atoms with Gasteiger partial charge in [-0.05, 0) is 25.3 Å². The first-order valence-electron chi connectivity index (χ1n) is 6.14. The van der Waals surface area contributed by atoms with Gasteiger partial charge in [-0.25, -0.2) is 4.79 Å². The van der Waals surface area contributed by atoms with Crippen LogP contribution in [0.4, 0.5) is 0 Å². The van der Waals surface area contributed by atoms with Crippen molar-refractivity contribution in [2.24, 2.45) is 0 Å². The van der Waals surface area contributed by atoms with E-state index in [0.717, 1.165) is 12.8 Å². The second kappa shape index (κ2) is 8.48. The highest BCUT2D eigenvalue weighted by Gasteiger charge is 2.01. The number of rotatable bonds is 8. The van der Waals surface area contributed by atoms with E-state index in [4.69, 9.17) is 9.47 Å². The van der Waals surface area contributed by atoms with E-state index in [2.05, 4.69) is 18.7 Å². The fourth-order valence-corrected chi connectivity index (χ4v) is 1.44. The summed E-state index contributed by atoms with van der Waals surface area (Å²) < 4.78 is 10.3. The molecule has 0 heterocycles. The lowest BCUT2D eigenvalue weighted by molar-refractivity contribution is -0.140. The predicted molar refractivity (Wildman–Crippen MR) is 71.4 cm³/mol. The van der Waals surface area contributed by atoms with Crippen LogP contribution in [-0.2, 0) is 20.7 Å². The van der Waals surface area contributed by atoms with Gasteiger partial charge in [-0.15, -0.1) is 0 Å². The monoisotopic (exact) mass is 248 g/mol. The molecule has 0 saturated carbocycles. The zero-order valence-corrected chi connectivity index (χ0v) is 10.9. The maximum Gasteiger partial charge on any atom is 0.333 e. The molecule has 3 nitrogen and oxygen atoms in total. The van der Waals surface area contributed by atoms with Crippen LogP contribution in [0.3, 0.4) is 0 Å². The minimum atomic E-state index is -0.358. The Morgan fingerprint density at radius 3 is 2.56 bits per heavy atom. The summed E-state index contributed by atoms with van der Waals surface area (Å²) >= 11 is 0. The molecule has 0 spiro atoms. The summed E-state index contributed by atoms with van der Waals surface area (Å²) in [6.45, 7) is 6.54. The molecule has 0 aliphatic heterocycles. The number of benzene rings is 1. The van der Waals surface area contributed by atoms with E-state index in [1.165, 1.54) is 5.56 Å². The minimum Gasteiger partial charge on any atom is -0.460 e. The number of hydrogen-bond donors (Lipinski definition) is 0. The van der Waals surface area contributed by atoms with Crippen LogP contribution in [0, 0.1) is 0 Å². The summed E-state index contributed by atoms with van der Waals surface area (Å²) in [5, 5.41) is 0. The van der Waals surface area contributed by atoms with E-state index >= 15 is 0 Å².